The molecule has 2 aliphatic rings. The van der Waals surface area contributed by atoms with E-state index in [1.54, 1.807) is 24.3 Å². The maximum absolute atomic E-state index is 13.4. The Balaban J connectivity index is 1.40. The molecule has 1 N–H and O–H groups in total. The Morgan fingerprint density at radius 1 is 0.878 bits per heavy atom. The summed E-state index contributed by atoms with van der Waals surface area (Å²) < 4.78 is 6.32. The first kappa shape index (κ1) is 28.5. The number of ether oxygens (including phenoxy) is 1. The van der Waals surface area contributed by atoms with E-state index in [9.17, 15) is 24.8 Å². The third kappa shape index (κ3) is 5.50. The van der Waals surface area contributed by atoms with Gasteiger partial charge in [-0.05, 0) is 67.3 Å². The molecular formula is C34H37NO6. The van der Waals surface area contributed by atoms with Crippen LogP contribution < -0.4 is 4.74 Å². The van der Waals surface area contributed by atoms with Crippen molar-refractivity contribution in [1.29, 1.82) is 0 Å². The summed E-state index contributed by atoms with van der Waals surface area (Å²) in [6.07, 6.45) is 10.1. The van der Waals surface area contributed by atoms with Gasteiger partial charge in [-0.1, -0.05) is 69.7 Å². The van der Waals surface area contributed by atoms with E-state index < -0.39 is 27.9 Å². The molecule has 214 valence electrons. The number of aryl methyl sites for hydroxylation is 2. The molecule has 5 rings (SSSR count). The minimum atomic E-state index is -0.670. The van der Waals surface area contributed by atoms with Gasteiger partial charge in [-0.15, -0.1) is 0 Å². The van der Waals surface area contributed by atoms with Crippen molar-refractivity contribution in [2.75, 3.05) is 6.61 Å². The van der Waals surface area contributed by atoms with E-state index in [0.29, 0.717) is 18.1 Å². The summed E-state index contributed by atoms with van der Waals surface area (Å²) in [6.45, 7) is 6.71. The van der Waals surface area contributed by atoms with E-state index in [1.165, 1.54) is 69.6 Å². The number of aromatic hydroxyl groups is 1. The second-order valence-corrected chi connectivity index (χ2v) is 11.6. The summed E-state index contributed by atoms with van der Waals surface area (Å²) >= 11 is 0. The van der Waals surface area contributed by atoms with Crippen molar-refractivity contribution >= 4 is 17.3 Å². The first-order valence-electron chi connectivity index (χ1n) is 14.7. The van der Waals surface area contributed by atoms with Gasteiger partial charge < -0.3 is 9.84 Å². The number of ketones is 2. The van der Waals surface area contributed by atoms with Gasteiger partial charge in [0.15, 0.2) is 5.78 Å². The molecule has 0 aliphatic heterocycles. The molecule has 0 radical (unpaired) electrons. The van der Waals surface area contributed by atoms with Crippen molar-refractivity contribution in [1.82, 2.24) is 0 Å². The third-order valence-corrected chi connectivity index (χ3v) is 8.76. The Morgan fingerprint density at radius 2 is 1.46 bits per heavy atom. The van der Waals surface area contributed by atoms with Gasteiger partial charge in [-0.3, -0.25) is 19.7 Å². The molecule has 0 aromatic heterocycles. The molecule has 0 heterocycles. The topological polar surface area (TPSA) is 107 Å². The standard InChI is InChI=1S/C34H37NO6/c1-4-5-6-9-22-12-14-23(15-13-22)19-41-34-20(2)16-24(17-21(34)3)27-18-28(35(39)40)29-30(33(27)38)32(37)26-11-8-7-10-25(26)31(29)36/h7-8,10-11,16-18,22-23,38H,4-6,9,12-15,19H2,1-3H3. The minimum Gasteiger partial charge on any atom is -0.506 e. The number of phenols is 1. The monoisotopic (exact) mass is 555 g/mol. The number of unbranched alkanes of at least 4 members (excludes halogenated alkanes) is 2. The lowest BCUT2D eigenvalue weighted by Gasteiger charge is -2.29. The molecule has 0 bridgehead atoms. The van der Waals surface area contributed by atoms with Crippen molar-refractivity contribution in [3.63, 3.8) is 0 Å². The van der Waals surface area contributed by atoms with Crippen LogP contribution in [-0.2, 0) is 0 Å². The summed E-state index contributed by atoms with van der Waals surface area (Å²) in [5.74, 6) is 0.452. The van der Waals surface area contributed by atoms with Crippen LogP contribution >= 0.6 is 0 Å². The summed E-state index contributed by atoms with van der Waals surface area (Å²) in [7, 11) is 0. The highest BCUT2D eigenvalue weighted by molar-refractivity contribution is 6.31. The molecule has 2 aliphatic carbocycles. The average Bonchev–Trinajstić information content (AvgIpc) is 2.96. The van der Waals surface area contributed by atoms with Gasteiger partial charge in [0, 0.05) is 22.8 Å². The second kappa shape index (κ2) is 11.9. The Hall–Kier alpha value is -4.00. The molecule has 7 nitrogen and oxygen atoms in total. The molecule has 0 spiro atoms. The van der Waals surface area contributed by atoms with Crippen molar-refractivity contribution in [3.8, 4) is 22.6 Å². The van der Waals surface area contributed by atoms with Crippen LogP contribution in [0.4, 0.5) is 5.69 Å². The summed E-state index contributed by atoms with van der Waals surface area (Å²) in [6, 6.07) is 11.0. The number of nitro benzene ring substituents is 1. The van der Waals surface area contributed by atoms with E-state index in [4.69, 9.17) is 4.74 Å². The maximum Gasteiger partial charge on any atom is 0.282 e. The fourth-order valence-electron chi connectivity index (χ4n) is 6.53. The van der Waals surface area contributed by atoms with Crippen molar-refractivity contribution in [3.05, 3.63) is 86.0 Å². The van der Waals surface area contributed by atoms with Gasteiger partial charge in [-0.25, -0.2) is 0 Å². The van der Waals surface area contributed by atoms with E-state index in [2.05, 4.69) is 6.92 Å². The zero-order valence-electron chi connectivity index (χ0n) is 24.0. The van der Waals surface area contributed by atoms with Crippen molar-refractivity contribution < 1.29 is 24.4 Å². The molecule has 3 aromatic rings. The zero-order valence-corrected chi connectivity index (χ0v) is 24.0. The van der Waals surface area contributed by atoms with E-state index in [-0.39, 0.29) is 27.8 Å². The largest absolute Gasteiger partial charge is 0.506 e. The number of carbonyl (C=O) groups is 2. The lowest BCUT2D eigenvalue weighted by molar-refractivity contribution is -0.385. The SMILES string of the molecule is CCCCCC1CCC(COc2c(C)cc(-c3cc([N+](=O)[O-])c4c(c3O)C(=O)c3ccccc3C4=O)cc2C)CC1. The lowest BCUT2D eigenvalue weighted by Crippen LogP contribution is -2.22. The highest BCUT2D eigenvalue weighted by atomic mass is 16.6. The Bertz CT molecular complexity index is 1490. The average molecular weight is 556 g/mol. The van der Waals surface area contributed by atoms with Crippen molar-refractivity contribution in [2.24, 2.45) is 11.8 Å². The Labute approximate surface area is 240 Å². The van der Waals surface area contributed by atoms with E-state index >= 15 is 0 Å². The quantitative estimate of drug-likeness (QED) is 0.127. The first-order valence-corrected chi connectivity index (χ1v) is 14.7. The summed E-state index contributed by atoms with van der Waals surface area (Å²) in [5, 5.41) is 23.4. The number of hydrogen-bond donors (Lipinski definition) is 1. The number of fused-ring (bicyclic) bond motifs is 2. The molecule has 0 saturated heterocycles. The number of rotatable bonds is 9. The number of nitro groups is 1. The highest BCUT2D eigenvalue weighted by Gasteiger charge is 2.39. The predicted molar refractivity (Wildman–Crippen MR) is 158 cm³/mol. The number of phenolic OH excluding ortho intramolecular Hbond substituents is 1. The van der Waals surface area contributed by atoms with Crippen LogP contribution in [0.1, 0.15) is 101 Å². The molecule has 7 heteroatoms. The normalized spacial score (nSPS) is 18.1. The van der Waals surface area contributed by atoms with Crippen LogP contribution in [0.3, 0.4) is 0 Å². The van der Waals surface area contributed by atoms with Crippen molar-refractivity contribution in [2.45, 2.75) is 72.1 Å². The number of nitrogens with zero attached hydrogens (tertiary/aromatic N) is 1. The van der Waals surface area contributed by atoms with E-state index in [1.807, 2.05) is 13.8 Å². The third-order valence-electron chi connectivity index (χ3n) is 8.76. The number of carbonyl (C=O) groups excluding carboxylic acids is 2. The van der Waals surface area contributed by atoms with Crippen LogP contribution in [0, 0.1) is 35.8 Å². The smallest absolute Gasteiger partial charge is 0.282 e. The van der Waals surface area contributed by atoms with Gasteiger partial charge in [0.1, 0.15) is 17.1 Å². The number of hydrogen-bond acceptors (Lipinski definition) is 6. The van der Waals surface area contributed by atoms with Gasteiger partial charge in [-0.2, -0.15) is 0 Å². The van der Waals surface area contributed by atoms with Gasteiger partial charge in [0.2, 0.25) is 5.78 Å². The molecule has 1 fully saturated rings. The molecule has 1 saturated carbocycles. The van der Waals surface area contributed by atoms with Gasteiger partial charge >= 0.3 is 0 Å². The molecule has 0 atom stereocenters. The Kier molecular flexibility index (Phi) is 8.25. The zero-order chi connectivity index (χ0) is 29.3. The Morgan fingerprint density at radius 3 is 2.05 bits per heavy atom. The van der Waals surface area contributed by atoms with Crippen LogP contribution in [0.2, 0.25) is 0 Å². The maximum atomic E-state index is 13.4. The summed E-state index contributed by atoms with van der Waals surface area (Å²) in [4.78, 5) is 38.0. The van der Waals surface area contributed by atoms with Crippen LogP contribution in [0.25, 0.3) is 11.1 Å². The highest BCUT2D eigenvalue weighted by Crippen LogP contribution is 2.45. The van der Waals surface area contributed by atoms with Crippen LogP contribution in [0.5, 0.6) is 11.5 Å². The fourth-order valence-corrected chi connectivity index (χ4v) is 6.53. The number of benzene rings is 3. The van der Waals surface area contributed by atoms with Crippen LogP contribution in [-0.4, -0.2) is 28.2 Å². The summed E-state index contributed by atoms with van der Waals surface area (Å²) in [5.41, 5.74) is 1.35. The molecule has 41 heavy (non-hydrogen) atoms. The van der Waals surface area contributed by atoms with E-state index in [0.717, 1.165) is 22.8 Å². The predicted octanol–water partition coefficient (Wildman–Crippen LogP) is 8.13. The molecular weight excluding hydrogens is 518 g/mol. The lowest BCUT2D eigenvalue weighted by atomic mass is 9.80. The fraction of sp³-hybridized carbons (Fsp3) is 0.412. The second-order valence-electron chi connectivity index (χ2n) is 11.6. The minimum absolute atomic E-state index is 0.0958. The first-order chi connectivity index (χ1) is 19.7. The van der Waals surface area contributed by atoms with Crippen LogP contribution in [0.15, 0.2) is 42.5 Å². The van der Waals surface area contributed by atoms with Gasteiger partial charge in [0.05, 0.1) is 17.1 Å². The molecule has 0 amide bonds. The van der Waals surface area contributed by atoms with Gasteiger partial charge in [0.25, 0.3) is 5.69 Å². The molecule has 3 aromatic carbocycles. The molecule has 0 unspecified atom stereocenters.